The molecule has 1 atom stereocenters. The van der Waals surface area contributed by atoms with Gasteiger partial charge in [0.1, 0.15) is 11.0 Å². The highest BCUT2D eigenvalue weighted by Crippen LogP contribution is 2.42. The van der Waals surface area contributed by atoms with Crippen LogP contribution in [0.4, 0.5) is 14.5 Å². The van der Waals surface area contributed by atoms with E-state index in [2.05, 4.69) is 20.5 Å². The van der Waals surface area contributed by atoms with Crippen LogP contribution < -0.4 is 21.7 Å². The van der Waals surface area contributed by atoms with E-state index in [4.69, 9.17) is 22.7 Å². The van der Waals surface area contributed by atoms with E-state index in [0.717, 1.165) is 38.7 Å². The molecular formula is C45H50F2N6O6S. The van der Waals surface area contributed by atoms with E-state index in [-0.39, 0.29) is 66.8 Å². The molecule has 60 heavy (non-hydrogen) atoms. The second-order valence-corrected chi connectivity index (χ2v) is 16.3. The lowest BCUT2D eigenvalue weighted by molar-refractivity contribution is -0.137. The number of fused-ring (bicyclic) bond motifs is 2. The number of rotatable bonds is 17. The van der Waals surface area contributed by atoms with Gasteiger partial charge in [-0.15, -0.1) is 0 Å². The van der Waals surface area contributed by atoms with Crippen molar-refractivity contribution in [3.05, 3.63) is 89.1 Å². The maximum atomic E-state index is 14.1. The molecule has 316 valence electrons. The number of imide groups is 1. The van der Waals surface area contributed by atoms with Gasteiger partial charge in [-0.3, -0.25) is 29.3 Å². The topological polar surface area (TPSA) is 165 Å². The summed E-state index contributed by atoms with van der Waals surface area (Å²) in [5.74, 6) is -3.90. The maximum Gasteiger partial charge on any atom is 0.255 e. The summed E-state index contributed by atoms with van der Waals surface area (Å²) in [6.07, 6.45) is 5.84. The minimum absolute atomic E-state index is 0.110. The summed E-state index contributed by atoms with van der Waals surface area (Å²) in [6.45, 7) is 1.51. The Morgan fingerprint density at radius 1 is 0.917 bits per heavy atom. The standard InChI is InChI=1S/C45H50F2N6O6S/c46-45(47)19-17-32(18-20-45)52-26-36(29-7-3-8-30(24-29)42(48)60)33-14-13-31(25-38(33)52)50-40(55)12-2-1-11-39(54)49-21-23-59-22-5-9-28-6-4-10-34-35(28)27-53(44(34)58)37-15-16-41(56)51-43(37)57/h3-4,6-8,10,13-14,24-26,32,37H,1-2,5,9,11-12,15-23,27H2,(H2,48,60)(H,49,54)(H,50,55)(H,51,56,57). The zero-order chi connectivity index (χ0) is 42.4. The number of aryl methyl sites for hydroxylation is 1. The normalized spacial score (nSPS) is 17.7. The summed E-state index contributed by atoms with van der Waals surface area (Å²) >= 11 is 5.20. The van der Waals surface area contributed by atoms with Gasteiger partial charge in [-0.25, -0.2) is 8.78 Å². The Labute approximate surface area is 352 Å². The van der Waals surface area contributed by atoms with Gasteiger partial charge >= 0.3 is 0 Å². The third kappa shape index (κ3) is 10.1. The molecule has 5 amide bonds. The molecule has 3 aliphatic rings. The van der Waals surface area contributed by atoms with Gasteiger partial charge < -0.3 is 30.6 Å². The number of ether oxygens (including phenoxy) is 1. The van der Waals surface area contributed by atoms with Crippen molar-refractivity contribution in [2.24, 2.45) is 5.73 Å². The Bertz CT molecular complexity index is 2300. The van der Waals surface area contributed by atoms with Gasteiger partial charge in [0, 0.05) is 91.8 Å². The number of hydrogen-bond donors (Lipinski definition) is 4. The molecule has 5 N–H and O–H groups in total. The summed E-state index contributed by atoms with van der Waals surface area (Å²) in [5.41, 5.74) is 12.4. The van der Waals surface area contributed by atoms with Crippen LogP contribution in [0.15, 0.2) is 66.9 Å². The monoisotopic (exact) mass is 840 g/mol. The first-order chi connectivity index (χ1) is 28.9. The third-order valence-corrected chi connectivity index (χ3v) is 11.9. The van der Waals surface area contributed by atoms with Crippen molar-refractivity contribution < 1.29 is 37.5 Å². The smallest absolute Gasteiger partial charge is 0.255 e. The second kappa shape index (κ2) is 18.8. The predicted octanol–water partition coefficient (Wildman–Crippen LogP) is 6.72. The molecular weight excluding hydrogens is 791 g/mol. The van der Waals surface area contributed by atoms with Crippen molar-refractivity contribution in [1.29, 1.82) is 0 Å². The van der Waals surface area contributed by atoms with E-state index in [1.54, 1.807) is 11.0 Å². The first kappa shape index (κ1) is 42.6. The zero-order valence-electron chi connectivity index (χ0n) is 33.4. The number of thiocarbonyl (C=S) groups is 1. The number of unbranched alkanes of at least 4 members (excludes halogenated alkanes) is 1. The molecule has 2 fully saturated rings. The number of nitrogens with two attached hydrogens (primary N) is 1. The molecule has 0 spiro atoms. The highest BCUT2D eigenvalue weighted by Gasteiger charge is 2.40. The van der Waals surface area contributed by atoms with Crippen LogP contribution in [0.5, 0.6) is 0 Å². The number of alkyl halides is 2. The van der Waals surface area contributed by atoms with Crippen LogP contribution in [-0.2, 0) is 36.9 Å². The number of anilines is 1. The number of piperidine rings is 1. The van der Waals surface area contributed by atoms with Gasteiger partial charge in [0.2, 0.25) is 29.6 Å². The molecule has 7 rings (SSSR count). The van der Waals surface area contributed by atoms with Gasteiger partial charge in [-0.2, -0.15) is 0 Å². The van der Waals surface area contributed by atoms with Crippen LogP contribution in [0, 0.1) is 0 Å². The molecule has 1 saturated heterocycles. The number of hydrogen-bond acceptors (Lipinski definition) is 7. The lowest BCUT2D eigenvalue weighted by atomic mass is 9.92. The Morgan fingerprint density at radius 3 is 2.45 bits per heavy atom. The molecule has 15 heteroatoms. The van der Waals surface area contributed by atoms with Crippen molar-refractivity contribution in [2.45, 2.75) is 102 Å². The highest BCUT2D eigenvalue weighted by molar-refractivity contribution is 7.80. The molecule has 1 saturated carbocycles. The van der Waals surface area contributed by atoms with E-state index >= 15 is 0 Å². The van der Waals surface area contributed by atoms with Gasteiger partial charge in [0.05, 0.1) is 12.1 Å². The minimum Gasteiger partial charge on any atom is -0.389 e. The summed E-state index contributed by atoms with van der Waals surface area (Å²) in [7, 11) is 0. The van der Waals surface area contributed by atoms with Crippen molar-refractivity contribution in [2.75, 3.05) is 25.1 Å². The van der Waals surface area contributed by atoms with E-state index in [9.17, 15) is 32.8 Å². The zero-order valence-corrected chi connectivity index (χ0v) is 34.2. The fourth-order valence-corrected chi connectivity index (χ4v) is 8.63. The number of aromatic nitrogens is 1. The average Bonchev–Trinajstić information content (AvgIpc) is 3.77. The number of nitrogens with one attached hydrogen (secondary N) is 3. The molecule has 2 aliphatic heterocycles. The van der Waals surface area contributed by atoms with Gasteiger partial charge in [0.25, 0.3) is 5.91 Å². The summed E-state index contributed by atoms with van der Waals surface area (Å²) in [6, 6.07) is 18.1. The van der Waals surface area contributed by atoms with Crippen LogP contribution in [0.1, 0.15) is 104 Å². The molecule has 1 unspecified atom stereocenters. The SMILES string of the molecule is NC(=S)c1cccc(-c2cn(C3CCC(F)(F)CC3)c3cc(NC(=O)CCCCC(=O)NCCOCCCc4cccc5c4CN(C4CCC(=O)NC4=O)C5=O)ccc23)c1. The van der Waals surface area contributed by atoms with E-state index < -0.39 is 17.9 Å². The lowest BCUT2D eigenvalue weighted by Crippen LogP contribution is -2.52. The van der Waals surface area contributed by atoms with E-state index in [0.29, 0.717) is 82.5 Å². The quantitative estimate of drug-likeness (QED) is 0.0517. The number of carbonyl (C=O) groups excluding carboxylic acids is 5. The molecule has 1 aromatic heterocycles. The van der Waals surface area contributed by atoms with Crippen LogP contribution in [0.25, 0.3) is 22.0 Å². The molecule has 3 heterocycles. The van der Waals surface area contributed by atoms with Crippen LogP contribution in [0.2, 0.25) is 0 Å². The predicted molar refractivity (Wildman–Crippen MR) is 227 cm³/mol. The second-order valence-electron chi connectivity index (χ2n) is 15.9. The van der Waals surface area contributed by atoms with Gasteiger partial charge in [-0.05, 0) is 85.9 Å². The van der Waals surface area contributed by atoms with Gasteiger partial charge in [-0.1, -0.05) is 48.6 Å². The van der Waals surface area contributed by atoms with Crippen LogP contribution >= 0.6 is 12.2 Å². The molecule has 4 aromatic rings. The summed E-state index contributed by atoms with van der Waals surface area (Å²) in [5, 5.41) is 9.09. The highest BCUT2D eigenvalue weighted by atomic mass is 32.1. The van der Waals surface area contributed by atoms with E-state index in [1.807, 2.05) is 60.8 Å². The van der Waals surface area contributed by atoms with Crippen molar-refractivity contribution in [1.82, 2.24) is 20.1 Å². The summed E-state index contributed by atoms with van der Waals surface area (Å²) < 4.78 is 36.0. The largest absolute Gasteiger partial charge is 0.389 e. The number of halogens is 2. The Morgan fingerprint density at radius 2 is 1.68 bits per heavy atom. The van der Waals surface area contributed by atoms with Gasteiger partial charge in [0.15, 0.2) is 0 Å². The first-order valence-electron chi connectivity index (χ1n) is 20.7. The first-order valence-corrected chi connectivity index (χ1v) is 21.1. The number of carbonyl (C=O) groups is 5. The number of amides is 5. The van der Waals surface area contributed by atoms with Crippen molar-refractivity contribution in [3.8, 4) is 11.1 Å². The fraction of sp³-hybridized carbons (Fsp3) is 0.422. The molecule has 0 radical (unpaired) electrons. The average molecular weight is 841 g/mol. The van der Waals surface area contributed by atoms with Crippen LogP contribution in [-0.4, -0.2) is 75.7 Å². The van der Waals surface area contributed by atoms with Crippen LogP contribution in [0.3, 0.4) is 0 Å². The molecule has 1 aliphatic carbocycles. The molecule has 3 aromatic carbocycles. The Hall–Kier alpha value is -5.54. The van der Waals surface area contributed by atoms with Crippen molar-refractivity contribution in [3.63, 3.8) is 0 Å². The molecule has 0 bridgehead atoms. The summed E-state index contributed by atoms with van der Waals surface area (Å²) in [4.78, 5) is 64.3. The lowest BCUT2D eigenvalue weighted by Gasteiger charge is -2.29. The minimum atomic E-state index is -2.66. The Balaban J connectivity index is 0.820. The Kier molecular flexibility index (Phi) is 13.3. The third-order valence-electron chi connectivity index (χ3n) is 11.7. The number of benzene rings is 3. The van der Waals surface area contributed by atoms with Crippen molar-refractivity contribution >= 4 is 63.3 Å². The maximum absolute atomic E-state index is 14.1. The van der Waals surface area contributed by atoms with E-state index in [1.165, 1.54) is 0 Å². The molecule has 12 nitrogen and oxygen atoms in total. The number of nitrogens with zero attached hydrogens (tertiary/aromatic N) is 2. The fourth-order valence-electron chi connectivity index (χ4n) is 8.50.